The number of nitrogens with one attached hydrogen (secondary N) is 1. The molecule has 0 bridgehead atoms. The minimum Gasteiger partial charge on any atom is -0.495 e. The Balaban J connectivity index is 1.94. The molecule has 0 atom stereocenters. The molecule has 0 radical (unpaired) electrons. The van der Waals surface area contributed by atoms with Crippen molar-refractivity contribution in [1.82, 2.24) is 0 Å². The fourth-order valence-electron chi connectivity index (χ4n) is 1.78. The molecule has 8 heteroatoms. The summed E-state index contributed by atoms with van der Waals surface area (Å²) in [6.45, 7) is -0.287. The van der Waals surface area contributed by atoms with Crippen molar-refractivity contribution in [3.63, 3.8) is 0 Å². The molecule has 0 heterocycles. The summed E-state index contributed by atoms with van der Waals surface area (Å²) >= 11 is 5.96. The summed E-state index contributed by atoms with van der Waals surface area (Å²) in [6, 6.07) is 10.4. The van der Waals surface area contributed by atoms with Gasteiger partial charge in [-0.15, -0.1) is 0 Å². The number of nitro benzene ring substituents is 1. The van der Waals surface area contributed by atoms with E-state index in [9.17, 15) is 14.9 Å². The molecule has 23 heavy (non-hydrogen) atoms. The Kier molecular flexibility index (Phi) is 5.37. The Hall–Kier alpha value is -2.80. The third-order valence-electron chi connectivity index (χ3n) is 2.83. The lowest BCUT2D eigenvalue weighted by Crippen LogP contribution is -2.20. The van der Waals surface area contributed by atoms with Gasteiger partial charge >= 0.3 is 0 Å². The summed E-state index contributed by atoms with van der Waals surface area (Å²) < 4.78 is 10.2. The minimum atomic E-state index is -0.535. The minimum absolute atomic E-state index is 0.107. The highest BCUT2D eigenvalue weighted by atomic mass is 35.5. The van der Waals surface area contributed by atoms with Gasteiger partial charge in [-0.1, -0.05) is 17.7 Å². The average molecular weight is 337 g/mol. The van der Waals surface area contributed by atoms with Gasteiger partial charge in [0.05, 0.1) is 23.1 Å². The summed E-state index contributed by atoms with van der Waals surface area (Å²) in [5.41, 5.74) is 0.383. The van der Waals surface area contributed by atoms with Crippen molar-refractivity contribution in [2.24, 2.45) is 0 Å². The Labute approximate surface area is 136 Å². The van der Waals surface area contributed by atoms with E-state index in [4.69, 9.17) is 21.1 Å². The van der Waals surface area contributed by atoms with Crippen molar-refractivity contribution in [2.45, 2.75) is 0 Å². The molecule has 7 nitrogen and oxygen atoms in total. The van der Waals surface area contributed by atoms with Crippen LogP contribution in [0, 0.1) is 10.1 Å². The van der Waals surface area contributed by atoms with Crippen molar-refractivity contribution >= 4 is 28.9 Å². The molecule has 0 spiro atoms. The van der Waals surface area contributed by atoms with Crippen LogP contribution in [0.3, 0.4) is 0 Å². The molecule has 0 unspecified atom stereocenters. The standard InChI is InChI=1S/C15H13ClN2O5/c1-22-14-6-5-10(7-13(14)16)17-15(19)9-23-12-4-2-3-11(8-12)18(20)21/h2-8H,9H2,1H3,(H,17,19). The maximum Gasteiger partial charge on any atom is 0.273 e. The van der Waals surface area contributed by atoms with E-state index >= 15 is 0 Å². The molecule has 0 aliphatic heterocycles. The third kappa shape index (κ3) is 4.58. The van der Waals surface area contributed by atoms with Crippen LogP contribution in [0.25, 0.3) is 0 Å². The number of carbonyl (C=O) groups excluding carboxylic acids is 1. The van der Waals surface area contributed by atoms with Crippen molar-refractivity contribution in [3.8, 4) is 11.5 Å². The number of carbonyl (C=O) groups is 1. The Morgan fingerprint density at radius 3 is 2.74 bits per heavy atom. The van der Waals surface area contributed by atoms with Gasteiger partial charge in [0.2, 0.25) is 0 Å². The largest absolute Gasteiger partial charge is 0.495 e. The highest BCUT2D eigenvalue weighted by Gasteiger charge is 2.09. The van der Waals surface area contributed by atoms with Crippen LogP contribution < -0.4 is 14.8 Å². The topological polar surface area (TPSA) is 90.7 Å². The van der Waals surface area contributed by atoms with Crippen LogP contribution in [0.1, 0.15) is 0 Å². The molecule has 0 saturated heterocycles. The van der Waals surface area contributed by atoms with Crippen molar-refractivity contribution in [1.29, 1.82) is 0 Å². The highest BCUT2D eigenvalue weighted by molar-refractivity contribution is 6.32. The van der Waals surface area contributed by atoms with E-state index in [0.717, 1.165) is 0 Å². The molecule has 0 aliphatic carbocycles. The summed E-state index contributed by atoms with van der Waals surface area (Å²) in [6.07, 6.45) is 0. The molecule has 1 amide bonds. The first kappa shape index (κ1) is 16.6. The number of nitro groups is 1. The number of benzene rings is 2. The summed E-state index contributed by atoms with van der Waals surface area (Å²) in [7, 11) is 1.49. The van der Waals surface area contributed by atoms with E-state index in [1.807, 2.05) is 0 Å². The Bertz CT molecular complexity index is 736. The monoisotopic (exact) mass is 336 g/mol. The van der Waals surface area contributed by atoms with Crippen LogP contribution in [-0.4, -0.2) is 24.5 Å². The van der Waals surface area contributed by atoms with E-state index in [1.54, 1.807) is 18.2 Å². The van der Waals surface area contributed by atoms with E-state index in [-0.39, 0.29) is 18.0 Å². The third-order valence-corrected chi connectivity index (χ3v) is 3.13. The molecule has 2 aromatic rings. The number of non-ortho nitro benzene ring substituents is 1. The number of methoxy groups -OCH3 is 1. The summed E-state index contributed by atoms with van der Waals surface area (Å²) in [4.78, 5) is 22.0. The Morgan fingerprint density at radius 2 is 2.09 bits per heavy atom. The van der Waals surface area contributed by atoms with Crippen LogP contribution in [0.4, 0.5) is 11.4 Å². The van der Waals surface area contributed by atoms with Crippen LogP contribution in [0.5, 0.6) is 11.5 Å². The van der Waals surface area contributed by atoms with Crippen LogP contribution >= 0.6 is 11.6 Å². The normalized spacial score (nSPS) is 10.0. The lowest BCUT2D eigenvalue weighted by Gasteiger charge is -2.09. The zero-order valence-electron chi connectivity index (χ0n) is 12.1. The molecule has 0 aromatic heterocycles. The van der Waals surface area contributed by atoms with Crippen molar-refractivity contribution < 1.29 is 19.2 Å². The quantitative estimate of drug-likeness (QED) is 0.645. The van der Waals surface area contributed by atoms with Crippen LogP contribution in [0.15, 0.2) is 42.5 Å². The first-order valence-electron chi connectivity index (χ1n) is 6.50. The number of hydrogen-bond donors (Lipinski definition) is 1. The zero-order chi connectivity index (χ0) is 16.8. The molecule has 0 saturated carbocycles. The van der Waals surface area contributed by atoms with E-state index in [2.05, 4.69) is 5.32 Å². The van der Waals surface area contributed by atoms with Crippen molar-refractivity contribution in [2.75, 3.05) is 19.0 Å². The van der Waals surface area contributed by atoms with Crippen molar-refractivity contribution in [3.05, 3.63) is 57.6 Å². The van der Waals surface area contributed by atoms with Gasteiger partial charge in [0, 0.05) is 11.8 Å². The summed E-state index contributed by atoms with van der Waals surface area (Å²) in [5.74, 6) is 0.317. The van der Waals surface area contributed by atoms with Gasteiger partial charge < -0.3 is 14.8 Å². The zero-order valence-corrected chi connectivity index (χ0v) is 12.9. The van der Waals surface area contributed by atoms with Gasteiger partial charge in [-0.05, 0) is 24.3 Å². The second kappa shape index (κ2) is 7.46. The molecule has 0 aliphatic rings. The number of nitrogens with zero attached hydrogens (tertiary/aromatic N) is 1. The van der Waals surface area contributed by atoms with Gasteiger partial charge in [-0.3, -0.25) is 14.9 Å². The van der Waals surface area contributed by atoms with Gasteiger partial charge in [0.1, 0.15) is 11.5 Å². The van der Waals surface area contributed by atoms with Crippen LogP contribution in [-0.2, 0) is 4.79 Å². The molecule has 2 aromatic carbocycles. The van der Waals surface area contributed by atoms with E-state index in [1.165, 1.54) is 31.4 Å². The maximum absolute atomic E-state index is 11.8. The van der Waals surface area contributed by atoms with Gasteiger partial charge in [0.15, 0.2) is 6.61 Å². The molecule has 1 N–H and O–H groups in total. The predicted octanol–water partition coefficient (Wildman–Crippen LogP) is 3.27. The number of ether oxygens (including phenoxy) is 2. The highest BCUT2D eigenvalue weighted by Crippen LogP contribution is 2.27. The second-order valence-electron chi connectivity index (χ2n) is 4.44. The van der Waals surface area contributed by atoms with Gasteiger partial charge in [0.25, 0.3) is 11.6 Å². The number of rotatable bonds is 6. The molecular formula is C15H13ClN2O5. The molecular weight excluding hydrogens is 324 g/mol. The maximum atomic E-state index is 11.8. The fraction of sp³-hybridized carbons (Fsp3) is 0.133. The molecule has 120 valence electrons. The van der Waals surface area contributed by atoms with E-state index < -0.39 is 10.8 Å². The number of amides is 1. The van der Waals surface area contributed by atoms with E-state index in [0.29, 0.717) is 16.5 Å². The van der Waals surface area contributed by atoms with Crippen LogP contribution in [0.2, 0.25) is 5.02 Å². The first-order chi connectivity index (χ1) is 11.0. The van der Waals surface area contributed by atoms with Gasteiger partial charge in [-0.2, -0.15) is 0 Å². The average Bonchev–Trinajstić information content (AvgIpc) is 2.53. The Morgan fingerprint density at radius 1 is 1.30 bits per heavy atom. The number of hydrogen-bond acceptors (Lipinski definition) is 5. The molecule has 0 fully saturated rings. The number of anilines is 1. The predicted molar refractivity (Wildman–Crippen MR) is 85.2 cm³/mol. The second-order valence-corrected chi connectivity index (χ2v) is 4.85. The lowest BCUT2D eigenvalue weighted by molar-refractivity contribution is -0.384. The number of halogens is 1. The summed E-state index contributed by atoms with van der Waals surface area (Å²) in [5, 5.41) is 13.6. The molecule has 2 rings (SSSR count). The van der Waals surface area contributed by atoms with Gasteiger partial charge in [-0.25, -0.2) is 0 Å². The SMILES string of the molecule is COc1ccc(NC(=O)COc2cccc([N+](=O)[O-])c2)cc1Cl. The first-order valence-corrected chi connectivity index (χ1v) is 6.88. The lowest BCUT2D eigenvalue weighted by atomic mass is 10.3. The smallest absolute Gasteiger partial charge is 0.273 e. The fourth-order valence-corrected chi connectivity index (χ4v) is 2.03.